The molecular weight excluding hydrogens is 342 g/mol. The normalized spacial score (nSPS) is 12.5. The van der Waals surface area contributed by atoms with Gasteiger partial charge in [0.25, 0.3) is 0 Å². The van der Waals surface area contributed by atoms with Gasteiger partial charge in [0.05, 0.1) is 16.3 Å². The van der Waals surface area contributed by atoms with Crippen molar-refractivity contribution in [3.63, 3.8) is 0 Å². The van der Waals surface area contributed by atoms with E-state index in [1.165, 1.54) is 17.3 Å². The summed E-state index contributed by atoms with van der Waals surface area (Å²) in [5, 5.41) is 3.70. The average Bonchev–Trinajstić information content (AvgIpc) is 2.98. The predicted octanol–water partition coefficient (Wildman–Crippen LogP) is 4.72. The van der Waals surface area contributed by atoms with Crippen molar-refractivity contribution in [2.24, 2.45) is 0 Å². The zero-order chi connectivity index (χ0) is 18.7. The summed E-state index contributed by atoms with van der Waals surface area (Å²) in [6.45, 7) is 8.81. The molecule has 1 amide bonds. The number of benzene rings is 2. The third kappa shape index (κ3) is 4.10. The van der Waals surface area contributed by atoms with Crippen LogP contribution in [0.2, 0.25) is 0 Å². The minimum atomic E-state index is -0.213. The standard InChI is InChI=1S/C21H25N3OS/c1-14(2)24-19-8-6-5-7-18(19)23-21(24)26-16(4)20(25)22-13-17-11-9-15(3)10-12-17/h5-12,14,16H,13H2,1-4H3,(H,22,25)/t16-/m1/s1. The van der Waals surface area contributed by atoms with Gasteiger partial charge in [0.2, 0.25) is 5.91 Å². The molecule has 1 N–H and O–H groups in total. The SMILES string of the molecule is Cc1ccc(CNC(=O)[C@@H](C)Sc2nc3ccccc3n2C(C)C)cc1. The van der Waals surface area contributed by atoms with E-state index in [1.807, 2.05) is 37.3 Å². The van der Waals surface area contributed by atoms with E-state index < -0.39 is 0 Å². The van der Waals surface area contributed by atoms with E-state index in [2.05, 4.69) is 48.9 Å². The molecule has 3 rings (SSSR count). The van der Waals surface area contributed by atoms with Crippen LogP contribution in [0.4, 0.5) is 0 Å². The third-order valence-electron chi connectivity index (χ3n) is 4.32. The maximum Gasteiger partial charge on any atom is 0.233 e. The lowest BCUT2D eigenvalue weighted by molar-refractivity contribution is -0.120. The van der Waals surface area contributed by atoms with Crippen molar-refractivity contribution in [3.8, 4) is 0 Å². The van der Waals surface area contributed by atoms with Crippen molar-refractivity contribution >= 4 is 28.7 Å². The lowest BCUT2D eigenvalue weighted by Gasteiger charge is -2.15. The predicted molar refractivity (Wildman–Crippen MR) is 108 cm³/mol. The van der Waals surface area contributed by atoms with E-state index >= 15 is 0 Å². The minimum absolute atomic E-state index is 0.0259. The number of para-hydroxylation sites is 2. The summed E-state index contributed by atoms with van der Waals surface area (Å²) in [6.07, 6.45) is 0. The number of carbonyl (C=O) groups excluding carboxylic acids is 1. The fourth-order valence-corrected chi connectivity index (χ4v) is 3.94. The molecule has 26 heavy (non-hydrogen) atoms. The Kier molecular flexibility index (Phi) is 5.67. The van der Waals surface area contributed by atoms with Crippen molar-refractivity contribution in [1.29, 1.82) is 0 Å². The number of nitrogens with zero attached hydrogens (tertiary/aromatic N) is 2. The molecule has 0 saturated carbocycles. The van der Waals surface area contributed by atoms with Gasteiger partial charge in [-0.25, -0.2) is 4.98 Å². The van der Waals surface area contributed by atoms with Crippen LogP contribution in [0.3, 0.4) is 0 Å². The van der Waals surface area contributed by atoms with Crippen molar-refractivity contribution in [2.45, 2.75) is 50.7 Å². The second-order valence-corrected chi connectivity index (χ2v) is 8.12. The lowest BCUT2D eigenvalue weighted by atomic mass is 10.1. The van der Waals surface area contributed by atoms with Crippen molar-refractivity contribution in [1.82, 2.24) is 14.9 Å². The average molecular weight is 368 g/mol. The van der Waals surface area contributed by atoms with Crippen molar-refractivity contribution < 1.29 is 4.79 Å². The maximum atomic E-state index is 12.5. The number of aromatic nitrogens is 2. The van der Waals surface area contributed by atoms with E-state index in [9.17, 15) is 4.79 Å². The number of amides is 1. The summed E-state index contributed by atoms with van der Waals surface area (Å²) in [4.78, 5) is 17.2. The van der Waals surface area contributed by atoms with Gasteiger partial charge in [-0.2, -0.15) is 0 Å². The molecule has 0 bridgehead atoms. The molecule has 0 aliphatic rings. The molecule has 2 aromatic carbocycles. The van der Waals surface area contributed by atoms with Crippen LogP contribution in [-0.4, -0.2) is 20.7 Å². The zero-order valence-electron chi connectivity index (χ0n) is 15.7. The van der Waals surface area contributed by atoms with Crippen LogP contribution >= 0.6 is 11.8 Å². The molecule has 0 unspecified atom stereocenters. The van der Waals surface area contributed by atoms with E-state index in [4.69, 9.17) is 4.98 Å². The van der Waals surface area contributed by atoms with Crippen LogP contribution in [0.15, 0.2) is 53.7 Å². The summed E-state index contributed by atoms with van der Waals surface area (Å²) >= 11 is 1.51. The van der Waals surface area contributed by atoms with Crippen LogP contribution < -0.4 is 5.32 Å². The molecule has 0 radical (unpaired) electrons. The van der Waals surface area contributed by atoms with Gasteiger partial charge in [-0.1, -0.05) is 53.7 Å². The van der Waals surface area contributed by atoms with Crippen LogP contribution in [-0.2, 0) is 11.3 Å². The van der Waals surface area contributed by atoms with E-state index in [-0.39, 0.29) is 17.2 Å². The Labute approximate surface area is 159 Å². The largest absolute Gasteiger partial charge is 0.351 e. The molecule has 136 valence electrons. The number of imidazole rings is 1. The Hall–Kier alpha value is -2.27. The maximum absolute atomic E-state index is 12.5. The third-order valence-corrected chi connectivity index (χ3v) is 5.39. The molecule has 0 fully saturated rings. The van der Waals surface area contributed by atoms with Gasteiger partial charge >= 0.3 is 0 Å². The van der Waals surface area contributed by atoms with E-state index in [0.717, 1.165) is 21.8 Å². The quantitative estimate of drug-likeness (QED) is 0.641. The molecule has 0 aliphatic carbocycles. The molecule has 0 aliphatic heterocycles. The van der Waals surface area contributed by atoms with Gasteiger partial charge in [-0.05, 0) is 45.4 Å². The molecular formula is C21H25N3OS. The number of carbonyl (C=O) groups is 1. The number of nitrogens with one attached hydrogen (secondary N) is 1. The number of hydrogen-bond acceptors (Lipinski definition) is 3. The number of hydrogen-bond donors (Lipinski definition) is 1. The molecule has 4 nitrogen and oxygen atoms in total. The first kappa shape index (κ1) is 18.5. The van der Waals surface area contributed by atoms with Crippen LogP contribution in [0, 0.1) is 6.92 Å². The first-order valence-electron chi connectivity index (χ1n) is 8.92. The summed E-state index contributed by atoms with van der Waals surface area (Å²) in [7, 11) is 0. The molecule has 5 heteroatoms. The Morgan fingerprint density at radius 2 is 1.81 bits per heavy atom. The fraction of sp³-hybridized carbons (Fsp3) is 0.333. The summed E-state index contributed by atoms with van der Waals surface area (Å²) < 4.78 is 2.20. The highest BCUT2D eigenvalue weighted by Crippen LogP contribution is 2.30. The zero-order valence-corrected chi connectivity index (χ0v) is 16.5. The van der Waals surface area contributed by atoms with Gasteiger partial charge in [0.15, 0.2) is 5.16 Å². The summed E-state index contributed by atoms with van der Waals surface area (Å²) in [6, 6.07) is 16.6. The topological polar surface area (TPSA) is 46.9 Å². The smallest absolute Gasteiger partial charge is 0.233 e. The van der Waals surface area contributed by atoms with Crippen molar-refractivity contribution in [3.05, 3.63) is 59.7 Å². The number of rotatable bonds is 6. The minimum Gasteiger partial charge on any atom is -0.351 e. The highest BCUT2D eigenvalue weighted by atomic mass is 32.2. The van der Waals surface area contributed by atoms with Crippen LogP contribution in [0.1, 0.15) is 37.9 Å². The number of thioether (sulfide) groups is 1. The van der Waals surface area contributed by atoms with Gasteiger partial charge < -0.3 is 9.88 Å². The summed E-state index contributed by atoms with van der Waals surface area (Å²) in [5.74, 6) is 0.0259. The van der Waals surface area contributed by atoms with Gasteiger partial charge in [0, 0.05) is 12.6 Å². The molecule has 3 aromatic rings. The first-order chi connectivity index (χ1) is 12.5. The molecule has 1 aromatic heterocycles. The molecule has 1 heterocycles. The number of fused-ring (bicyclic) bond motifs is 1. The van der Waals surface area contributed by atoms with Gasteiger partial charge in [-0.3, -0.25) is 4.79 Å². The second kappa shape index (κ2) is 7.96. The highest BCUT2D eigenvalue weighted by molar-refractivity contribution is 8.00. The molecule has 0 spiro atoms. The Balaban J connectivity index is 1.70. The summed E-state index contributed by atoms with van der Waals surface area (Å²) in [5.41, 5.74) is 4.40. The van der Waals surface area contributed by atoms with E-state index in [0.29, 0.717) is 6.54 Å². The highest BCUT2D eigenvalue weighted by Gasteiger charge is 2.20. The van der Waals surface area contributed by atoms with Gasteiger partial charge in [0.1, 0.15) is 0 Å². The Bertz CT molecular complexity index is 899. The van der Waals surface area contributed by atoms with Crippen LogP contribution in [0.25, 0.3) is 11.0 Å². The first-order valence-corrected chi connectivity index (χ1v) is 9.80. The van der Waals surface area contributed by atoms with Crippen LogP contribution in [0.5, 0.6) is 0 Å². The Morgan fingerprint density at radius 3 is 2.50 bits per heavy atom. The van der Waals surface area contributed by atoms with E-state index in [1.54, 1.807) is 0 Å². The van der Waals surface area contributed by atoms with Crippen molar-refractivity contribution in [2.75, 3.05) is 0 Å². The molecule has 1 atom stereocenters. The monoisotopic (exact) mass is 367 g/mol. The number of aryl methyl sites for hydroxylation is 1. The second-order valence-electron chi connectivity index (χ2n) is 6.81. The van der Waals surface area contributed by atoms with Gasteiger partial charge in [-0.15, -0.1) is 0 Å². The lowest BCUT2D eigenvalue weighted by Crippen LogP contribution is -2.30. The Morgan fingerprint density at radius 1 is 1.12 bits per heavy atom. The molecule has 0 saturated heterocycles. The fourth-order valence-electron chi connectivity index (χ4n) is 2.86.